The summed E-state index contributed by atoms with van der Waals surface area (Å²) < 4.78 is 0. The molecule has 4 heteroatoms. The van der Waals surface area contributed by atoms with Crippen LogP contribution in [0.3, 0.4) is 0 Å². The second kappa shape index (κ2) is 6.42. The predicted molar refractivity (Wildman–Crippen MR) is 92.6 cm³/mol. The van der Waals surface area contributed by atoms with Crippen LogP contribution in [0, 0.1) is 5.41 Å². The van der Waals surface area contributed by atoms with Crippen LogP contribution < -0.4 is 5.32 Å². The molecule has 0 saturated heterocycles. The van der Waals surface area contributed by atoms with Gasteiger partial charge in [-0.05, 0) is 35.8 Å². The number of fused-ring (bicyclic) bond motifs is 1. The molecule has 0 unspecified atom stereocenters. The van der Waals surface area contributed by atoms with E-state index in [9.17, 15) is 14.7 Å². The Morgan fingerprint density at radius 2 is 2.04 bits per heavy atom. The lowest BCUT2D eigenvalue weighted by atomic mass is 9.76. The van der Waals surface area contributed by atoms with Gasteiger partial charge in [-0.1, -0.05) is 38.1 Å². The summed E-state index contributed by atoms with van der Waals surface area (Å²) in [6, 6.07) is 8.18. The minimum absolute atomic E-state index is 0.000302. The van der Waals surface area contributed by atoms with E-state index in [-0.39, 0.29) is 40.9 Å². The summed E-state index contributed by atoms with van der Waals surface area (Å²) >= 11 is 0. The largest absolute Gasteiger partial charge is 0.512 e. The van der Waals surface area contributed by atoms with E-state index in [1.807, 2.05) is 26.0 Å². The molecule has 3 rings (SSSR count). The first kappa shape index (κ1) is 16.7. The third-order valence-electron chi connectivity index (χ3n) is 5.01. The van der Waals surface area contributed by atoms with Gasteiger partial charge in [0.15, 0.2) is 5.78 Å². The number of ketones is 1. The highest BCUT2D eigenvalue weighted by Gasteiger charge is 2.34. The molecule has 2 aliphatic rings. The van der Waals surface area contributed by atoms with Crippen molar-refractivity contribution in [1.29, 1.82) is 0 Å². The Balaban J connectivity index is 1.70. The van der Waals surface area contributed by atoms with E-state index in [1.54, 1.807) is 0 Å². The van der Waals surface area contributed by atoms with E-state index in [4.69, 9.17) is 0 Å². The summed E-state index contributed by atoms with van der Waals surface area (Å²) in [5.41, 5.74) is 2.51. The van der Waals surface area contributed by atoms with Crippen LogP contribution in [0.25, 0.3) is 0 Å². The molecule has 0 heterocycles. The van der Waals surface area contributed by atoms with Gasteiger partial charge in [0, 0.05) is 18.4 Å². The molecule has 0 aromatic heterocycles. The molecule has 0 spiro atoms. The number of hydrogen-bond acceptors (Lipinski definition) is 3. The lowest BCUT2D eigenvalue weighted by Gasteiger charge is -2.30. The summed E-state index contributed by atoms with van der Waals surface area (Å²) in [6.45, 7) is 3.91. The Bertz CT molecular complexity index is 703. The van der Waals surface area contributed by atoms with Gasteiger partial charge in [0.05, 0.1) is 12.5 Å². The lowest BCUT2D eigenvalue weighted by molar-refractivity contribution is -0.124. The van der Waals surface area contributed by atoms with Crippen LogP contribution in [0.4, 0.5) is 0 Å². The maximum absolute atomic E-state index is 12.4. The standard InChI is InChI=1S/C20H25NO3/c1-20(2)11-17(22)15(18(23)12-20)10-19(24)21-16-9-5-7-13-6-3-4-8-14(13)16/h3-4,6,8,16,22H,5,7,9-12H2,1-2H3,(H,21,24)/t16-/m0/s1. The van der Waals surface area contributed by atoms with E-state index in [0.717, 1.165) is 19.3 Å². The van der Waals surface area contributed by atoms with Crippen LogP contribution in [-0.4, -0.2) is 16.8 Å². The molecule has 4 nitrogen and oxygen atoms in total. The average Bonchev–Trinajstić information content (AvgIpc) is 2.50. The molecule has 0 radical (unpaired) electrons. The highest BCUT2D eigenvalue weighted by Crippen LogP contribution is 2.37. The normalized spacial score (nSPS) is 22.9. The quantitative estimate of drug-likeness (QED) is 0.888. The van der Waals surface area contributed by atoms with Crippen molar-refractivity contribution >= 4 is 11.7 Å². The van der Waals surface area contributed by atoms with Crippen molar-refractivity contribution in [1.82, 2.24) is 5.32 Å². The molecule has 0 saturated carbocycles. The highest BCUT2D eigenvalue weighted by atomic mass is 16.3. The number of amides is 1. The van der Waals surface area contributed by atoms with Crippen LogP contribution in [0.2, 0.25) is 0 Å². The van der Waals surface area contributed by atoms with Gasteiger partial charge < -0.3 is 10.4 Å². The zero-order valence-electron chi connectivity index (χ0n) is 14.4. The summed E-state index contributed by atoms with van der Waals surface area (Å²) in [4.78, 5) is 24.7. The zero-order chi connectivity index (χ0) is 17.3. The molecule has 128 valence electrons. The molecule has 1 amide bonds. The highest BCUT2D eigenvalue weighted by molar-refractivity contribution is 6.01. The van der Waals surface area contributed by atoms with Crippen LogP contribution in [0.1, 0.15) is 63.1 Å². The third-order valence-corrected chi connectivity index (χ3v) is 5.01. The number of benzene rings is 1. The average molecular weight is 327 g/mol. The first-order chi connectivity index (χ1) is 11.4. The fourth-order valence-corrected chi connectivity index (χ4v) is 3.84. The first-order valence-corrected chi connectivity index (χ1v) is 8.67. The number of nitrogens with one attached hydrogen (secondary N) is 1. The minimum atomic E-state index is -0.233. The van der Waals surface area contributed by atoms with Crippen LogP contribution >= 0.6 is 0 Å². The van der Waals surface area contributed by atoms with Crippen molar-refractivity contribution in [2.24, 2.45) is 5.41 Å². The predicted octanol–water partition coefficient (Wildman–Crippen LogP) is 3.77. The Morgan fingerprint density at radius 1 is 1.29 bits per heavy atom. The van der Waals surface area contributed by atoms with Gasteiger partial charge in [0.1, 0.15) is 5.76 Å². The van der Waals surface area contributed by atoms with Crippen LogP contribution in [-0.2, 0) is 16.0 Å². The zero-order valence-corrected chi connectivity index (χ0v) is 14.4. The van der Waals surface area contributed by atoms with Crippen molar-refractivity contribution < 1.29 is 14.7 Å². The second-order valence-electron chi connectivity index (χ2n) is 7.75. The Labute approximate surface area is 143 Å². The number of carbonyl (C=O) groups is 2. The Kier molecular flexibility index (Phi) is 4.48. The van der Waals surface area contributed by atoms with E-state index < -0.39 is 0 Å². The van der Waals surface area contributed by atoms with Gasteiger partial charge in [-0.3, -0.25) is 9.59 Å². The minimum Gasteiger partial charge on any atom is -0.512 e. The molecule has 2 N–H and O–H groups in total. The molecule has 24 heavy (non-hydrogen) atoms. The number of aliphatic hydroxyl groups is 1. The number of carbonyl (C=O) groups excluding carboxylic acids is 2. The van der Waals surface area contributed by atoms with E-state index >= 15 is 0 Å². The van der Waals surface area contributed by atoms with Gasteiger partial charge in [-0.25, -0.2) is 0 Å². The topological polar surface area (TPSA) is 66.4 Å². The SMILES string of the molecule is CC1(C)CC(=O)C(CC(=O)N[C@H]2CCCc3ccccc32)=C(O)C1. The number of aryl methyl sites for hydroxylation is 1. The summed E-state index contributed by atoms with van der Waals surface area (Å²) in [5.74, 6) is -0.218. The molecule has 1 aromatic rings. The van der Waals surface area contributed by atoms with E-state index in [2.05, 4.69) is 17.4 Å². The maximum atomic E-state index is 12.4. The molecule has 0 bridgehead atoms. The van der Waals surface area contributed by atoms with Gasteiger partial charge in [-0.2, -0.15) is 0 Å². The van der Waals surface area contributed by atoms with Crippen molar-refractivity contribution in [2.75, 3.05) is 0 Å². The maximum Gasteiger partial charge on any atom is 0.225 e. The van der Waals surface area contributed by atoms with E-state index in [0.29, 0.717) is 12.8 Å². The molecule has 1 aromatic carbocycles. The fraction of sp³-hybridized carbons (Fsp3) is 0.500. The third kappa shape index (κ3) is 3.53. The van der Waals surface area contributed by atoms with Gasteiger partial charge in [0.25, 0.3) is 0 Å². The second-order valence-corrected chi connectivity index (χ2v) is 7.75. The number of hydrogen-bond donors (Lipinski definition) is 2. The molecule has 1 atom stereocenters. The first-order valence-electron chi connectivity index (χ1n) is 8.67. The molecule has 0 fully saturated rings. The Morgan fingerprint density at radius 3 is 2.79 bits per heavy atom. The van der Waals surface area contributed by atoms with E-state index in [1.165, 1.54) is 11.1 Å². The lowest BCUT2D eigenvalue weighted by Crippen LogP contribution is -2.33. The van der Waals surface area contributed by atoms with Crippen molar-refractivity contribution in [3.63, 3.8) is 0 Å². The smallest absolute Gasteiger partial charge is 0.225 e. The molecule has 2 aliphatic carbocycles. The van der Waals surface area contributed by atoms with Crippen molar-refractivity contribution in [3.05, 3.63) is 46.7 Å². The summed E-state index contributed by atoms with van der Waals surface area (Å²) in [6.07, 6.45) is 3.80. The van der Waals surface area contributed by atoms with Crippen molar-refractivity contribution in [3.8, 4) is 0 Å². The monoisotopic (exact) mass is 327 g/mol. The van der Waals surface area contributed by atoms with Gasteiger partial charge in [0.2, 0.25) is 5.91 Å². The van der Waals surface area contributed by atoms with Crippen molar-refractivity contribution in [2.45, 2.75) is 58.4 Å². The molecular weight excluding hydrogens is 302 g/mol. The fourth-order valence-electron chi connectivity index (χ4n) is 3.84. The summed E-state index contributed by atoms with van der Waals surface area (Å²) in [7, 11) is 0. The van der Waals surface area contributed by atoms with Crippen LogP contribution in [0.5, 0.6) is 0 Å². The molecular formula is C20H25NO3. The number of aliphatic hydroxyl groups excluding tert-OH is 1. The van der Waals surface area contributed by atoms with Gasteiger partial charge in [-0.15, -0.1) is 0 Å². The number of Topliss-reactive ketones (excluding diaryl/α,β-unsaturated/α-hetero) is 1. The number of allylic oxidation sites excluding steroid dienone is 1. The molecule has 0 aliphatic heterocycles. The number of rotatable bonds is 3. The van der Waals surface area contributed by atoms with Crippen LogP contribution in [0.15, 0.2) is 35.6 Å². The summed E-state index contributed by atoms with van der Waals surface area (Å²) in [5, 5.41) is 13.2. The Hall–Kier alpha value is -2.10. The van der Waals surface area contributed by atoms with Gasteiger partial charge >= 0.3 is 0 Å².